The fourth-order valence-corrected chi connectivity index (χ4v) is 2.86. The predicted molar refractivity (Wildman–Crippen MR) is 77.1 cm³/mol. The van der Waals surface area contributed by atoms with Gasteiger partial charge >= 0.3 is 0 Å². The van der Waals surface area contributed by atoms with Crippen LogP contribution in [-0.2, 0) is 0 Å². The Balaban J connectivity index is 1.93. The topological polar surface area (TPSA) is 28.2 Å². The van der Waals surface area contributed by atoms with Crippen molar-refractivity contribution in [3.63, 3.8) is 0 Å². The van der Waals surface area contributed by atoms with Crippen LogP contribution in [0.4, 0.5) is 5.82 Å². The summed E-state index contributed by atoms with van der Waals surface area (Å²) < 4.78 is 0. The maximum atomic E-state index is 4.48. The van der Waals surface area contributed by atoms with E-state index in [4.69, 9.17) is 0 Å². The summed E-state index contributed by atoms with van der Waals surface area (Å²) in [6.07, 6.45) is 7.02. The highest BCUT2D eigenvalue weighted by molar-refractivity contribution is 5.40. The zero-order valence-electron chi connectivity index (χ0n) is 11.8. The Hall–Kier alpha value is -1.09. The molecule has 0 atom stereocenters. The number of nitrogens with one attached hydrogen (secondary N) is 1. The molecule has 3 heteroatoms. The van der Waals surface area contributed by atoms with Crippen LogP contribution in [0.2, 0.25) is 0 Å². The van der Waals surface area contributed by atoms with Gasteiger partial charge in [0.2, 0.25) is 0 Å². The van der Waals surface area contributed by atoms with Gasteiger partial charge in [0.1, 0.15) is 5.82 Å². The average molecular weight is 247 g/mol. The number of anilines is 1. The molecule has 1 saturated carbocycles. The van der Waals surface area contributed by atoms with Crippen LogP contribution in [0.5, 0.6) is 0 Å². The van der Waals surface area contributed by atoms with Crippen molar-refractivity contribution < 1.29 is 0 Å². The van der Waals surface area contributed by atoms with Crippen LogP contribution in [0.25, 0.3) is 0 Å². The summed E-state index contributed by atoms with van der Waals surface area (Å²) in [7, 11) is 2.18. The van der Waals surface area contributed by atoms with Crippen molar-refractivity contribution in [2.24, 2.45) is 0 Å². The molecule has 0 spiro atoms. The lowest BCUT2D eigenvalue weighted by Crippen LogP contribution is -2.41. The van der Waals surface area contributed by atoms with Gasteiger partial charge in [-0.15, -0.1) is 0 Å². The van der Waals surface area contributed by atoms with Gasteiger partial charge in [-0.1, -0.05) is 6.92 Å². The van der Waals surface area contributed by atoms with Gasteiger partial charge in [-0.05, 0) is 56.8 Å². The van der Waals surface area contributed by atoms with Gasteiger partial charge in [0.25, 0.3) is 0 Å². The highest BCUT2D eigenvalue weighted by Gasteiger charge is 2.24. The SMILES string of the molecule is CCNC1CCC(N(C)c2cc(C)ccn2)CC1. The molecule has 1 aliphatic carbocycles. The van der Waals surface area contributed by atoms with E-state index in [9.17, 15) is 0 Å². The van der Waals surface area contributed by atoms with Gasteiger partial charge in [-0.3, -0.25) is 0 Å². The molecule has 1 N–H and O–H groups in total. The second-order valence-corrected chi connectivity index (χ2v) is 5.37. The first-order chi connectivity index (χ1) is 8.70. The molecular formula is C15H25N3. The summed E-state index contributed by atoms with van der Waals surface area (Å²) in [4.78, 5) is 6.84. The van der Waals surface area contributed by atoms with Crippen molar-refractivity contribution >= 4 is 5.82 Å². The molecule has 1 heterocycles. The van der Waals surface area contributed by atoms with Crippen molar-refractivity contribution in [1.82, 2.24) is 10.3 Å². The first-order valence-corrected chi connectivity index (χ1v) is 7.09. The van der Waals surface area contributed by atoms with E-state index in [0.717, 1.165) is 18.4 Å². The van der Waals surface area contributed by atoms with Crippen molar-refractivity contribution in [1.29, 1.82) is 0 Å². The Morgan fingerprint density at radius 3 is 2.67 bits per heavy atom. The third-order valence-electron chi connectivity index (χ3n) is 4.00. The molecule has 0 bridgehead atoms. The molecule has 1 fully saturated rings. The Morgan fingerprint density at radius 1 is 1.33 bits per heavy atom. The lowest BCUT2D eigenvalue weighted by Gasteiger charge is -2.35. The summed E-state index contributed by atoms with van der Waals surface area (Å²) in [5, 5.41) is 3.56. The first-order valence-electron chi connectivity index (χ1n) is 7.09. The van der Waals surface area contributed by atoms with E-state index in [2.05, 4.69) is 48.2 Å². The maximum Gasteiger partial charge on any atom is 0.128 e. The van der Waals surface area contributed by atoms with E-state index in [1.807, 2.05) is 6.20 Å². The van der Waals surface area contributed by atoms with Gasteiger partial charge in [-0.25, -0.2) is 4.98 Å². The molecule has 0 aliphatic heterocycles. The minimum Gasteiger partial charge on any atom is -0.357 e. The zero-order chi connectivity index (χ0) is 13.0. The largest absolute Gasteiger partial charge is 0.357 e. The van der Waals surface area contributed by atoms with Crippen LogP contribution >= 0.6 is 0 Å². The van der Waals surface area contributed by atoms with E-state index in [1.54, 1.807) is 0 Å². The lowest BCUT2D eigenvalue weighted by molar-refractivity contribution is 0.340. The number of rotatable bonds is 4. The highest BCUT2D eigenvalue weighted by atomic mass is 15.2. The molecule has 2 rings (SSSR count). The quantitative estimate of drug-likeness (QED) is 0.886. The minimum absolute atomic E-state index is 0.647. The van der Waals surface area contributed by atoms with Gasteiger partial charge < -0.3 is 10.2 Å². The van der Waals surface area contributed by atoms with Gasteiger partial charge in [0.05, 0.1) is 0 Å². The van der Waals surface area contributed by atoms with E-state index < -0.39 is 0 Å². The molecule has 1 aliphatic rings. The molecule has 0 amide bonds. The number of aromatic nitrogens is 1. The van der Waals surface area contributed by atoms with E-state index in [-0.39, 0.29) is 0 Å². The third kappa shape index (κ3) is 3.22. The summed E-state index contributed by atoms with van der Waals surface area (Å²) in [5.74, 6) is 1.11. The van der Waals surface area contributed by atoms with Crippen LogP contribution in [0.1, 0.15) is 38.2 Å². The summed E-state index contributed by atoms with van der Waals surface area (Å²) in [6.45, 7) is 5.40. The Bertz CT molecular complexity index is 370. The second kappa shape index (κ2) is 6.19. The van der Waals surface area contributed by atoms with E-state index in [0.29, 0.717) is 6.04 Å². The minimum atomic E-state index is 0.647. The number of pyridine rings is 1. The van der Waals surface area contributed by atoms with E-state index in [1.165, 1.54) is 31.2 Å². The third-order valence-corrected chi connectivity index (χ3v) is 4.00. The Labute approximate surface area is 111 Å². The van der Waals surface area contributed by atoms with Crippen molar-refractivity contribution in [2.75, 3.05) is 18.5 Å². The fourth-order valence-electron chi connectivity index (χ4n) is 2.86. The maximum absolute atomic E-state index is 4.48. The second-order valence-electron chi connectivity index (χ2n) is 5.37. The molecule has 0 saturated heterocycles. The Morgan fingerprint density at radius 2 is 2.06 bits per heavy atom. The summed E-state index contributed by atoms with van der Waals surface area (Å²) >= 11 is 0. The number of nitrogens with zero attached hydrogens (tertiary/aromatic N) is 2. The summed E-state index contributed by atoms with van der Waals surface area (Å²) in [5.41, 5.74) is 1.29. The first kappa shape index (κ1) is 13.3. The van der Waals surface area contributed by atoms with Gasteiger partial charge in [0, 0.05) is 25.3 Å². The van der Waals surface area contributed by atoms with E-state index >= 15 is 0 Å². The van der Waals surface area contributed by atoms with Crippen LogP contribution in [0, 0.1) is 6.92 Å². The van der Waals surface area contributed by atoms with Gasteiger partial charge in [0.15, 0.2) is 0 Å². The van der Waals surface area contributed by atoms with Crippen molar-refractivity contribution in [2.45, 2.75) is 51.6 Å². The number of hydrogen-bond acceptors (Lipinski definition) is 3. The predicted octanol–water partition coefficient (Wildman–Crippen LogP) is 2.75. The van der Waals surface area contributed by atoms with Crippen molar-refractivity contribution in [3.8, 4) is 0 Å². The lowest BCUT2D eigenvalue weighted by atomic mass is 9.90. The zero-order valence-corrected chi connectivity index (χ0v) is 11.8. The number of hydrogen-bond donors (Lipinski definition) is 1. The molecule has 0 radical (unpaired) electrons. The highest BCUT2D eigenvalue weighted by Crippen LogP contribution is 2.25. The molecule has 100 valence electrons. The molecule has 0 unspecified atom stereocenters. The normalized spacial score (nSPS) is 23.9. The standard InChI is InChI=1S/C15H25N3/c1-4-16-13-5-7-14(8-6-13)18(3)15-11-12(2)9-10-17-15/h9-11,13-14,16H,4-8H2,1-3H3. The molecule has 3 nitrogen and oxygen atoms in total. The van der Waals surface area contributed by atoms with Gasteiger partial charge in [-0.2, -0.15) is 0 Å². The average Bonchev–Trinajstić information content (AvgIpc) is 2.39. The molecule has 1 aromatic heterocycles. The van der Waals surface area contributed by atoms with Crippen LogP contribution in [0.15, 0.2) is 18.3 Å². The van der Waals surface area contributed by atoms with Crippen LogP contribution in [0.3, 0.4) is 0 Å². The monoisotopic (exact) mass is 247 g/mol. The number of aryl methyl sites for hydroxylation is 1. The fraction of sp³-hybridized carbons (Fsp3) is 0.667. The van der Waals surface area contributed by atoms with Crippen molar-refractivity contribution in [3.05, 3.63) is 23.9 Å². The molecule has 0 aromatic carbocycles. The summed E-state index contributed by atoms with van der Waals surface area (Å²) in [6, 6.07) is 5.61. The van der Waals surface area contributed by atoms with Crippen LogP contribution < -0.4 is 10.2 Å². The molecule has 18 heavy (non-hydrogen) atoms. The Kier molecular flexibility index (Phi) is 4.59. The van der Waals surface area contributed by atoms with Crippen LogP contribution in [-0.4, -0.2) is 30.7 Å². The molecule has 1 aromatic rings. The molecular weight excluding hydrogens is 222 g/mol. The smallest absolute Gasteiger partial charge is 0.128 e.